The van der Waals surface area contributed by atoms with Gasteiger partial charge >= 0.3 is 10.1 Å². The maximum atomic E-state index is 11.8. The van der Waals surface area contributed by atoms with Crippen LogP contribution in [-0.2, 0) is 14.4 Å². The molecule has 0 aliphatic carbocycles. The molecule has 88 valence electrons. The SMILES string of the molecule is O=S(=O)(ON1CCCC1)c1ccc(O)cc1. The highest BCUT2D eigenvalue weighted by atomic mass is 32.2. The third-order valence-corrected chi connectivity index (χ3v) is 3.65. The van der Waals surface area contributed by atoms with Crippen molar-refractivity contribution in [2.45, 2.75) is 17.7 Å². The molecule has 1 aliphatic rings. The number of phenols is 1. The van der Waals surface area contributed by atoms with Crippen molar-refractivity contribution >= 4 is 10.1 Å². The molecule has 5 nitrogen and oxygen atoms in total. The van der Waals surface area contributed by atoms with Crippen LogP contribution < -0.4 is 0 Å². The predicted octanol–water partition coefficient (Wildman–Crippen LogP) is 1.11. The standard InChI is InChI=1S/C10H13NO4S/c12-9-3-5-10(6-4-9)16(13,14)15-11-7-1-2-8-11/h3-6,12H,1-2,7-8H2. The summed E-state index contributed by atoms with van der Waals surface area (Å²) in [7, 11) is -3.75. The van der Waals surface area contributed by atoms with E-state index in [0.29, 0.717) is 13.1 Å². The van der Waals surface area contributed by atoms with Gasteiger partial charge < -0.3 is 5.11 Å². The highest BCUT2D eigenvalue weighted by molar-refractivity contribution is 7.86. The van der Waals surface area contributed by atoms with Gasteiger partial charge in [-0.3, -0.25) is 0 Å². The Balaban J connectivity index is 2.14. The molecule has 2 rings (SSSR count). The van der Waals surface area contributed by atoms with Crippen LogP contribution in [0.25, 0.3) is 0 Å². The first-order valence-corrected chi connectivity index (χ1v) is 6.47. The first-order valence-electron chi connectivity index (χ1n) is 5.06. The Morgan fingerprint density at radius 2 is 1.69 bits per heavy atom. The van der Waals surface area contributed by atoms with Crippen LogP contribution in [0.15, 0.2) is 29.2 Å². The van der Waals surface area contributed by atoms with Crippen molar-refractivity contribution in [2.75, 3.05) is 13.1 Å². The van der Waals surface area contributed by atoms with E-state index in [1.807, 2.05) is 0 Å². The maximum Gasteiger partial charge on any atom is 0.313 e. The van der Waals surface area contributed by atoms with E-state index in [-0.39, 0.29) is 10.6 Å². The lowest BCUT2D eigenvalue weighted by atomic mass is 10.3. The molecule has 1 aromatic rings. The van der Waals surface area contributed by atoms with Crippen LogP contribution in [0, 0.1) is 0 Å². The van der Waals surface area contributed by atoms with E-state index in [9.17, 15) is 8.42 Å². The number of aromatic hydroxyl groups is 1. The van der Waals surface area contributed by atoms with Crippen LogP contribution in [0.1, 0.15) is 12.8 Å². The Labute approximate surface area is 94.3 Å². The Kier molecular flexibility index (Phi) is 3.13. The van der Waals surface area contributed by atoms with E-state index in [1.54, 1.807) is 0 Å². The van der Waals surface area contributed by atoms with Crippen LogP contribution in [0.4, 0.5) is 0 Å². The van der Waals surface area contributed by atoms with E-state index in [0.717, 1.165) is 12.8 Å². The molecule has 16 heavy (non-hydrogen) atoms. The smallest absolute Gasteiger partial charge is 0.313 e. The average molecular weight is 243 g/mol. The van der Waals surface area contributed by atoms with Gasteiger partial charge in [-0.05, 0) is 37.1 Å². The van der Waals surface area contributed by atoms with Gasteiger partial charge in [-0.15, -0.1) is 0 Å². The molecule has 0 bridgehead atoms. The van der Waals surface area contributed by atoms with Crippen LogP contribution in [0.5, 0.6) is 5.75 Å². The highest BCUT2D eigenvalue weighted by Crippen LogP contribution is 2.19. The van der Waals surface area contributed by atoms with E-state index in [1.165, 1.54) is 29.3 Å². The normalized spacial score (nSPS) is 17.8. The van der Waals surface area contributed by atoms with Crippen molar-refractivity contribution in [3.8, 4) is 5.75 Å². The molecule has 0 amide bonds. The summed E-state index contributed by atoms with van der Waals surface area (Å²) < 4.78 is 28.5. The van der Waals surface area contributed by atoms with Gasteiger partial charge in [0.15, 0.2) is 0 Å². The molecule has 0 radical (unpaired) electrons. The Morgan fingerprint density at radius 1 is 1.12 bits per heavy atom. The Morgan fingerprint density at radius 3 is 2.25 bits per heavy atom. The topological polar surface area (TPSA) is 66.8 Å². The third kappa shape index (κ3) is 2.52. The molecule has 1 saturated heterocycles. The number of hydroxylamine groups is 2. The Hall–Kier alpha value is -1.11. The van der Waals surface area contributed by atoms with Crippen molar-refractivity contribution in [2.24, 2.45) is 0 Å². The minimum absolute atomic E-state index is 0.0279. The largest absolute Gasteiger partial charge is 0.508 e. The number of rotatable bonds is 3. The van der Waals surface area contributed by atoms with Gasteiger partial charge in [0.2, 0.25) is 0 Å². The van der Waals surface area contributed by atoms with Gasteiger partial charge in [0.05, 0.1) is 4.90 Å². The van der Waals surface area contributed by atoms with Gasteiger partial charge in [0, 0.05) is 13.1 Å². The van der Waals surface area contributed by atoms with Crippen molar-refractivity contribution < 1.29 is 17.8 Å². The fourth-order valence-electron chi connectivity index (χ4n) is 1.56. The molecule has 1 aliphatic heterocycles. The summed E-state index contributed by atoms with van der Waals surface area (Å²) in [4.78, 5) is 0.0530. The lowest BCUT2D eigenvalue weighted by molar-refractivity contribution is -0.0270. The van der Waals surface area contributed by atoms with E-state index in [4.69, 9.17) is 9.39 Å². The zero-order valence-electron chi connectivity index (χ0n) is 8.67. The third-order valence-electron chi connectivity index (χ3n) is 2.39. The monoisotopic (exact) mass is 243 g/mol. The highest BCUT2D eigenvalue weighted by Gasteiger charge is 2.22. The van der Waals surface area contributed by atoms with E-state index >= 15 is 0 Å². The molecule has 1 aromatic carbocycles. The number of hydrogen-bond donors (Lipinski definition) is 1. The minimum Gasteiger partial charge on any atom is -0.508 e. The molecular weight excluding hydrogens is 230 g/mol. The summed E-state index contributed by atoms with van der Waals surface area (Å²) in [6.07, 6.45) is 1.90. The minimum atomic E-state index is -3.75. The first kappa shape index (κ1) is 11.4. The summed E-state index contributed by atoms with van der Waals surface area (Å²) in [5.74, 6) is 0.0279. The van der Waals surface area contributed by atoms with Crippen LogP contribution in [-0.4, -0.2) is 31.7 Å². The predicted molar refractivity (Wildman–Crippen MR) is 57.2 cm³/mol. The molecular formula is C10H13NO4S. The second kappa shape index (κ2) is 4.40. The number of hydrogen-bond acceptors (Lipinski definition) is 5. The summed E-state index contributed by atoms with van der Waals surface area (Å²) in [5.41, 5.74) is 0. The first-order chi connectivity index (χ1) is 7.58. The molecule has 1 N–H and O–H groups in total. The second-order valence-electron chi connectivity index (χ2n) is 3.66. The lowest BCUT2D eigenvalue weighted by Crippen LogP contribution is -2.24. The quantitative estimate of drug-likeness (QED) is 0.861. The van der Waals surface area contributed by atoms with Crippen LogP contribution >= 0.6 is 0 Å². The molecule has 1 fully saturated rings. The summed E-state index contributed by atoms with van der Waals surface area (Å²) in [6, 6.07) is 5.28. The van der Waals surface area contributed by atoms with Gasteiger partial charge in [-0.1, -0.05) is 0 Å². The van der Waals surface area contributed by atoms with Crippen LogP contribution in [0.2, 0.25) is 0 Å². The van der Waals surface area contributed by atoms with Crippen molar-refractivity contribution in [1.82, 2.24) is 5.06 Å². The molecule has 0 aromatic heterocycles. The molecule has 0 saturated carbocycles. The lowest BCUT2D eigenvalue weighted by Gasteiger charge is -2.13. The van der Waals surface area contributed by atoms with Crippen LogP contribution in [0.3, 0.4) is 0 Å². The van der Waals surface area contributed by atoms with Gasteiger partial charge in [-0.25, -0.2) is 0 Å². The zero-order chi connectivity index (χ0) is 11.6. The summed E-state index contributed by atoms with van der Waals surface area (Å²) in [6.45, 7) is 1.27. The summed E-state index contributed by atoms with van der Waals surface area (Å²) in [5, 5.41) is 10.5. The molecule has 1 heterocycles. The fraction of sp³-hybridized carbons (Fsp3) is 0.400. The molecule has 0 spiro atoms. The van der Waals surface area contributed by atoms with Crippen molar-refractivity contribution in [3.05, 3.63) is 24.3 Å². The van der Waals surface area contributed by atoms with E-state index in [2.05, 4.69) is 0 Å². The van der Waals surface area contributed by atoms with Crippen molar-refractivity contribution in [1.29, 1.82) is 0 Å². The van der Waals surface area contributed by atoms with Gasteiger partial charge in [0.25, 0.3) is 0 Å². The number of nitrogens with zero attached hydrogens (tertiary/aromatic N) is 1. The fourth-order valence-corrected chi connectivity index (χ4v) is 2.54. The van der Waals surface area contributed by atoms with E-state index < -0.39 is 10.1 Å². The summed E-state index contributed by atoms with van der Waals surface area (Å²) >= 11 is 0. The average Bonchev–Trinajstić information content (AvgIpc) is 2.70. The number of phenolic OH excluding ortho intramolecular Hbond substituents is 1. The number of benzene rings is 1. The molecule has 0 atom stereocenters. The van der Waals surface area contributed by atoms with Gasteiger partial charge in [-0.2, -0.15) is 17.8 Å². The van der Waals surface area contributed by atoms with Crippen molar-refractivity contribution in [3.63, 3.8) is 0 Å². The maximum absolute atomic E-state index is 11.8. The molecule has 6 heteroatoms. The molecule has 0 unspecified atom stereocenters. The van der Waals surface area contributed by atoms with Gasteiger partial charge in [0.1, 0.15) is 5.75 Å². The Bertz CT molecular complexity index is 448. The zero-order valence-corrected chi connectivity index (χ0v) is 9.48. The second-order valence-corrected chi connectivity index (χ2v) is 5.19.